The summed E-state index contributed by atoms with van der Waals surface area (Å²) in [6, 6.07) is 8.38. The van der Waals surface area contributed by atoms with Gasteiger partial charge in [0.15, 0.2) is 6.61 Å². The van der Waals surface area contributed by atoms with Crippen LogP contribution < -0.4 is 5.32 Å². The van der Waals surface area contributed by atoms with E-state index in [0.717, 1.165) is 11.6 Å². The third kappa shape index (κ3) is 5.01. The van der Waals surface area contributed by atoms with Crippen molar-refractivity contribution >= 4 is 50.8 Å². The summed E-state index contributed by atoms with van der Waals surface area (Å²) in [5, 5.41) is 13.7. The van der Waals surface area contributed by atoms with Crippen LogP contribution in [0.2, 0.25) is 5.02 Å². The number of nitro benzene ring substituents is 1. The number of ether oxygens (including phenoxy) is 1. The third-order valence-electron chi connectivity index (χ3n) is 3.17. The Morgan fingerprint density at radius 3 is 2.72 bits per heavy atom. The fourth-order valence-corrected chi connectivity index (χ4v) is 2.55. The van der Waals surface area contributed by atoms with E-state index in [-0.39, 0.29) is 11.3 Å². The summed E-state index contributed by atoms with van der Waals surface area (Å²) in [5.74, 6) is -1.38. The Hall–Kier alpha value is -2.45. The van der Waals surface area contributed by atoms with Crippen molar-refractivity contribution < 1.29 is 19.2 Å². The van der Waals surface area contributed by atoms with Gasteiger partial charge in [-0.1, -0.05) is 17.7 Å². The topological polar surface area (TPSA) is 98.5 Å². The molecule has 0 heterocycles. The lowest BCUT2D eigenvalue weighted by atomic mass is 10.2. The smallest absolute Gasteiger partial charge is 0.338 e. The summed E-state index contributed by atoms with van der Waals surface area (Å²) in [6.07, 6.45) is 0. The predicted octanol–water partition coefficient (Wildman–Crippen LogP) is 4.11. The Labute approximate surface area is 156 Å². The number of carbonyl (C=O) groups is 2. The fourth-order valence-electron chi connectivity index (χ4n) is 1.93. The second kappa shape index (κ2) is 8.09. The van der Waals surface area contributed by atoms with Gasteiger partial charge in [0.05, 0.1) is 15.5 Å². The van der Waals surface area contributed by atoms with Gasteiger partial charge in [0.2, 0.25) is 0 Å². The molecule has 9 heteroatoms. The number of benzene rings is 2. The zero-order valence-electron chi connectivity index (χ0n) is 12.9. The number of hydrogen-bond acceptors (Lipinski definition) is 5. The molecule has 7 nitrogen and oxygen atoms in total. The number of hydrogen-bond donors (Lipinski definition) is 1. The minimum Gasteiger partial charge on any atom is -0.452 e. The first kappa shape index (κ1) is 18.9. The molecule has 0 aliphatic rings. The van der Waals surface area contributed by atoms with E-state index in [4.69, 9.17) is 16.3 Å². The number of aryl methyl sites for hydroxylation is 1. The van der Waals surface area contributed by atoms with Gasteiger partial charge in [-0.05, 0) is 46.6 Å². The van der Waals surface area contributed by atoms with E-state index in [1.54, 1.807) is 19.1 Å². The summed E-state index contributed by atoms with van der Waals surface area (Å²) in [5.41, 5.74) is 1.02. The number of nitrogens with one attached hydrogen (secondary N) is 1. The molecule has 1 N–H and O–H groups in total. The van der Waals surface area contributed by atoms with Gasteiger partial charge < -0.3 is 10.1 Å². The van der Waals surface area contributed by atoms with E-state index in [2.05, 4.69) is 21.2 Å². The first-order chi connectivity index (χ1) is 11.8. The summed E-state index contributed by atoms with van der Waals surface area (Å²) in [6.45, 7) is 1.25. The van der Waals surface area contributed by atoms with Gasteiger partial charge in [-0.3, -0.25) is 14.9 Å². The molecule has 130 valence electrons. The average molecular weight is 428 g/mol. The quantitative estimate of drug-likeness (QED) is 0.440. The maximum absolute atomic E-state index is 11.9. The lowest BCUT2D eigenvalue weighted by molar-refractivity contribution is -0.384. The standard InChI is InChI=1S/C16H12BrClN2O5/c1-9-5-12(17)13(18)7-14(9)19-15(21)8-25-16(22)10-3-2-4-11(6-10)20(23)24/h2-7H,8H2,1H3,(H,19,21). The molecule has 0 bridgehead atoms. The SMILES string of the molecule is Cc1cc(Br)c(Cl)cc1NC(=O)COC(=O)c1cccc([N+](=O)[O-])c1. The van der Waals surface area contributed by atoms with Gasteiger partial charge in [0, 0.05) is 22.3 Å². The Morgan fingerprint density at radius 2 is 2.04 bits per heavy atom. The van der Waals surface area contributed by atoms with Crippen LogP contribution in [0.1, 0.15) is 15.9 Å². The molecule has 0 aliphatic carbocycles. The second-order valence-corrected chi connectivity index (χ2v) is 6.27. The molecule has 25 heavy (non-hydrogen) atoms. The second-order valence-electron chi connectivity index (χ2n) is 5.01. The molecule has 0 aromatic heterocycles. The molecule has 0 radical (unpaired) electrons. The Morgan fingerprint density at radius 1 is 1.32 bits per heavy atom. The molecule has 0 aliphatic heterocycles. The highest BCUT2D eigenvalue weighted by atomic mass is 79.9. The van der Waals surface area contributed by atoms with Gasteiger partial charge in [0.25, 0.3) is 11.6 Å². The minimum atomic E-state index is -0.829. The zero-order chi connectivity index (χ0) is 18.6. The maximum Gasteiger partial charge on any atom is 0.338 e. The highest BCUT2D eigenvalue weighted by Gasteiger charge is 2.15. The zero-order valence-corrected chi connectivity index (χ0v) is 15.3. The van der Waals surface area contributed by atoms with Crippen LogP contribution in [0.5, 0.6) is 0 Å². The molecule has 0 saturated heterocycles. The minimum absolute atomic E-state index is 0.00938. The summed E-state index contributed by atoms with van der Waals surface area (Å²) in [4.78, 5) is 33.9. The molecule has 0 atom stereocenters. The van der Waals surface area contributed by atoms with Crippen LogP contribution in [0.4, 0.5) is 11.4 Å². The molecule has 2 aromatic rings. The number of non-ortho nitro benzene ring substituents is 1. The lowest BCUT2D eigenvalue weighted by Crippen LogP contribution is -2.21. The maximum atomic E-state index is 11.9. The van der Waals surface area contributed by atoms with Gasteiger partial charge in [-0.25, -0.2) is 4.79 Å². The highest BCUT2D eigenvalue weighted by Crippen LogP contribution is 2.28. The number of carbonyl (C=O) groups excluding carboxylic acids is 2. The van der Waals surface area contributed by atoms with Crippen molar-refractivity contribution in [3.05, 3.63) is 67.1 Å². The molecule has 0 fully saturated rings. The molecular formula is C16H12BrClN2O5. The van der Waals surface area contributed by atoms with Gasteiger partial charge >= 0.3 is 5.97 Å². The van der Waals surface area contributed by atoms with Crippen molar-refractivity contribution in [2.75, 3.05) is 11.9 Å². The summed E-state index contributed by atoms with van der Waals surface area (Å²) in [7, 11) is 0. The van der Waals surface area contributed by atoms with Crippen LogP contribution in [-0.2, 0) is 9.53 Å². The molecule has 0 unspecified atom stereocenters. The van der Waals surface area contributed by atoms with Crippen molar-refractivity contribution in [1.29, 1.82) is 0 Å². The third-order valence-corrected chi connectivity index (χ3v) is 4.37. The molecule has 2 aromatic carbocycles. The van der Waals surface area contributed by atoms with E-state index in [0.29, 0.717) is 15.2 Å². The van der Waals surface area contributed by atoms with Crippen LogP contribution in [0.3, 0.4) is 0 Å². The van der Waals surface area contributed by atoms with Gasteiger partial charge in [0.1, 0.15) is 0 Å². The van der Waals surface area contributed by atoms with Crippen LogP contribution in [0, 0.1) is 17.0 Å². The predicted molar refractivity (Wildman–Crippen MR) is 95.9 cm³/mol. The molecular weight excluding hydrogens is 416 g/mol. The first-order valence-corrected chi connectivity index (χ1v) is 8.12. The van der Waals surface area contributed by atoms with Crippen LogP contribution in [-0.4, -0.2) is 23.4 Å². The number of esters is 1. The fraction of sp³-hybridized carbons (Fsp3) is 0.125. The first-order valence-electron chi connectivity index (χ1n) is 6.95. The van der Waals surface area contributed by atoms with Crippen molar-refractivity contribution in [2.45, 2.75) is 6.92 Å². The van der Waals surface area contributed by atoms with E-state index in [1.807, 2.05) is 0 Å². The number of rotatable bonds is 5. The van der Waals surface area contributed by atoms with Crippen molar-refractivity contribution in [2.24, 2.45) is 0 Å². The van der Waals surface area contributed by atoms with Crippen LogP contribution in [0.25, 0.3) is 0 Å². The molecule has 1 amide bonds. The number of halogens is 2. The summed E-state index contributed by atoms with van der Waals surface area (Å²) < 4.78 is 5.57. The van der Waals surface area contributed by atoms with Gasteiger partial charge in [-0.15, -0.1) is 0 Å². The largest absolute Gasteiger partial charge is 0.452 e. The van der Waals surface area contributed by atoms with Crippen molar-refractivity contribution in [1.82, 2.24) is 0 Å². The van der Waals surface area contributed by atoms with Crippen LogP contribution >= 0.6 is 27.5 Å². The molecule has 0 spiro atoms. The van der Waals surface area contributed by atoms with E-state index in [9.17, 15) is 19.7 Å². The Bertz CT molecular complexity index is 856. The van der Waals surface area contributed by atoms with Crippen molar-refractivity contribution in [3.8, 4) is 0 Å². The number of nitro groups is 1. The van der Waals surface area contributed by atoms with Crippen LogP contribution in [0.15, 0.2) is 40.9 Å². The monoisotopic (exact) mass is 426 g/mol. The molecule has 0 saturated carbocycles. The van der Waals surface area contributed by atoms with E-state index < -0.39 is 23.4 Å². The van der Waals surface area contributed by atoms with Gasteiger partial charge in [-0.2, -0.15) is 0 Å². The normalized spacial score (nSPS) is 10.2. The average Bonchev–Trinajstić information content (AvgIpc) is 2.57. The number of anilines is 1. The number of amides is 1. The van der Waals surface area contributed by atoms with E-state index in [1.165, 1.54) is 18.2 Å². The summed E-state index contributed by atoms with van der Waals surface area (Å²) >= 11 is 9.25. The molecule has 2 rings (SSSR count). The Balaban J connectivity index is 1.98. The lowest BCUT2D eigenvalue weighted by Gasteiger charge is -2.10. The van der Waals surface area contributed by atoms with Crippen molar-refractivity contribution in [3.63, 3.8) is 0 Å². The number of nitrogens with zero attached hydrogens (tertiary/aromatic N) is 1. The Kier molecular flexibility index (Phi) is 6.11. The highest BCUT2D eigenvalue weighted by molar-refractivity contribution is 9.10. The van der Waals surface area contributed by atoms with E-state index >= 15 is 0 Å².